The summed E-state index contributed by atoms with van der Waals surface area (Å²) in [6, 6.07) is 18.3. The van der Waals surface area contributed by atoms with Gasteiger partial charge in [-0.25, -0.2) is 4.98 Å². The molecule has 0 saturated heterocycles. The van der Waals surface area contributed by atoms with Gasteiger partial charge in [0, 0.05) is 22.2 Å². The molecule has 0 bridgehead atoms. The molecule has 1 heterocycles. The van der Waals surface area contributed by atoms with Gasteiger partial charge in [-0.3, -0.25) is 4.79 Å². The van der Waals surface area contributed by atoms with Gasteiger partial charge in [-0.1, -0.05) is 66.4 Å². The molecule has 4 aromatic rings. The van der Waals surface area contributed by atoms with Crippen LogP contribution in [0, 0.1) is 13.8 Å². The lowest BCUT2D eigenvalue weighted by Crippen LogP contribution is -2.16. The van der Waals surface area contributed by atoms with Gasteiger partial charge in [-0.15, -0.1) is 10.2 Å². The number of benzene rings is 3. The van der Waals surface area contributed by atoms with E-state index in [2.05, 4.69) is 39.8 Å². The number of fused-ring (bicyclic) bond motifs is 3. The number of para-hydroxylation sites is 1. The Labute approximate surface area is 172 Å². The topological polar surface area (TPSA) is 67.8 Å². The van der Waals surface area contributed by atoms with Crippen LogP contribution in [0.1, 0.15) is 11.1 Å². The number of aryl methyl sites for hydroxylation is 2. The Kier molecular flexibility index (Phi) is 4.28. The van der Waals surface area contributed by atoms with Crippen molar-refractivity contribution in [2.24, 2.45) is 0 Å². The minimum atomic E-state index is -0.0816. The number of nitrogens with one attached hydrogen (secondary N) is 1. The van der Waals surface area contributed by atoms with Crippen LogP contribution in [0.2, 0.25) is 0 Å². The van der Waals surface area contributed by atoms with Crippen molar-refractivity contribution in [1.29, 1.82) is 0 Å². The first-order valence-corrected chi connectivity index (χ1v) is 10.4. The van der Waals surface area contributed by atoms with Gasteiger partial charge in [-0.05, 0) is 30.4 Å². The number of rotatable bonds is 4. The Balaban J connectivity index is 1.37. The van der Waals surface area contributed by atoms with E-state index in [9.17, 15) is 4.79 Å². The summed E-state index contributed by atoms with van der Waals surface area (Å²) in [5.41, 5.74) is 6.75. The second-order valence-electron chi connectivity index (χ2n) is 7.10. The van der Waals surface area contributed by atoms with Crippen molar-refractivity contribution >= 4 is 34.1 Å². The largest absolute Gasteiger partial charge is 0.325 e. The average Bonchev–Trinajstić information content (AvgIpc) is 3.05. The molecule has 5 nitrogen and oxygen atoms in total. The van der Waals surface area contributed by atoms with Crippen molar-refractivity contribution in [2.45, 2.75) is 19.0 Å². The maximum absolute atomic E-state index is 12.4. The number of carbonyl (C=O) groups excluding carboxylic acids is 1. The number of nitrogens with zero attached hydrogens (tertiary/aromatic N) is 3. The van der Waals surface area contributed by atoms with Crippen LogP contribution in [0.4, 0.5) is 5.69 Å². The predicted molar refractivity (Wildman–Crippen MR) is 117 cm³/mol. The molecule has 29 heavy (non-hydrogen) atoms. The van der Waals surface area contributed by atoms with Crippen LogP contribution < -0.4 is 5.32 Å². The van der Waals surface area contributed by atoms with Crippen molar-refractivity contribution in [3.63, 3.8) is 0 Å². The molecule has 1 aliphatic carbocycles. The van der Waals surface area contributed by atoms with Gasteiger partial charge < -0.3 is 5.32 Å². The summed E-state index contributed by atoms with van der Waals surface area (Å²) in [7, 11) is 0. The third-order valence-corrected chi connectivity index (χ3v) is 6.00. The average molecular weight is 398 g/mol. The Morgan fingerprint density at radius 2 is 1.55 bits per heavy atom. The number of hydrogen-bond acceptors (Lipinski definition) is 5. The van der Waals surface area contributed by atoms with Crippen molar-refractivity contribution in [3.8, 4) is 22.5 Å². The predicted octanol–water partition coefficient (Wildman–Crippen LogP) is 5.02. The lowest BCUT2D eigenvalue weighted by molar-refractivity contribution is -0.113. The standard InChI is InChI=1S/C23H18N4OS/c1-13-6-3-7-14(2)20(13)24-18(28)12-29-23-25-21-16-10-4-8-15-9-5-11-17(19(15)16)22(21)26-27-23/h3-11H,12H2,1-2H3,(H,24,28). The molecule has 1 amide bonds. The monoisotopic (exact) mass is 398 g/mol. The van der Waals surface area contributed by atoms with Gasteiger partial charge in [-0.2, -0.15) is 0 Å². The molecule has 0 saturated carbocycles. The van der Waals surface area contributed by atoms with E-state index in [0.717, 1.165) is 39.3 Å². The second kappa shape index (κ2) is 6.97. The first kappa shape index (κ1) is 17.8. The Hall–Kier alpha value is -3.25. The highest BCUT2D eigenvalue weighted by Crippen LogP contribution is 2.44. The lowest BCUT2D eigenvalue weighted by Gasteiger charge is -2.11. The van der Waals surface area contributed by atoms with E-state index in [1.54, 1.807) is 0 Å². The van der Waals surface area contributed by atoms with E-state index >= 15 is 0 Å². The van der Waals surface area contributed by atoms with Crippen molar-refractivity contribution in [1.82, 2.24) is 15.2 Å². The zero-order valence-electron chi connectivity index (χ0n) is 16.1. The summed E-state index contributed by atoms with van der Waals surface area (Å²) in [5, 5.41) is 14.5. The number of amides is 1. The van der Waals surface area contributed by atoms with Crippen LogP contribution >= 0.6 is 11.8 Å². The van der Waals surface area contributed by atoms with Crippen molar-refractivity contribution in [3.05, 3.63) is 65.7 Å². The molecule has 1 aliphatic rings. The number of anilines is 1. The summed E-state index contributed by atoms with van der Waals surface area (Å²) in [5.74, 6) is 0.146. The zero-order chi connectivity index (χ0) is 20.0. The number of carbonyl (C=O) groups is 1. The third-order valence-electron chi connectivity index (χ3n) is 5.16. The highest BCUT2D eigenvalue weighted by molar-refractivity contribution is 7.99. The molecular weight excluding hydrogens is 380 g/mol. The van der Waals surface area contributed by atoms with Gasteiger partial charge in [0.25, 0.3) is 0 Å². The molecule has 0 aliphatic heterocycles. The maximum atomic E-state index is 12.4. The Bertz CT molecular complexity index is 1260. The zero-order valence-corrected chi connectivity index (χ0v) is 16.9. The maximum Gasteiger partial charge on any atom is 0.234 e. The quantitative estimate of drug-likeness (QED) is 0.431. The first-order valence-electron chi connectivity index (χ1n) is 9.38. The minimum Gasteiger partial charge on any atom is -0.325 e. The SMILES string of the molecule is Cc1cccc(C)c1NC(=O)CSc1nnc2c(n1)-c1cccc3cccc-2c13. The third kappa shape index (κ3) is 3.06. The highest BCUT2D eigenvalue weighted by Gasteiger charge is 2.25. The van der Waals surface area contributed by atoms with Crippen LogP contribution in [0.3, 0.4) is 0 Å². The van der Waals surface area contributed by atoms with Gasteiger partial charge in [0.2, 0.25) is 11.1 Å². The number of thioether (sulfide) groups is 1. The normalized spacial score (nSPS) is 11.5. The summed E-state index contributed by atoms with van der Waals surface area (Å²) < 4.78 is 0. The summed E-state index contributed by atoms with van der Waals surface area (Å²) in [4.78, 5) is 17.2. The van der Waals surface area contributed by atoms with Crippen molar-refractivity contribution < 1.29 is 4.79 Å². The molecule has 0 unspecified atom stereocenters. The smallest absolute Gasteiger partial charge is 0.234 e. The van der Waals surface area contributed by atoms with Gasteiger partial charge >= 0.3 is 0 Å². The number of aromatic nitrogens is 3. The Morgan fingerprint density at radius 3 is 2.28 bits per heavy atom. The van der Waals surface area contributed by atoms with Crippen LogP contribution in [0.25, 0.3) is 33.3 Å². The summed E-state index contributed by atoms with van der Waals surface area (Å²) in [6.45, 7) is 3.98. The van der Waals surface area contributed by atoms with E-state index in [0.29, 0.717) is 5.16 Å². The Morgan fingerprint density at radius 1 is 0.897 bits per heavy atom. The van der Waals surface area contributed by atoms with Gasteiger partial charge in [0.15, 0.2) is 0 Å². The van der Waals surface area contributed by atoms with Gasteiger partial charge in [0.1, 0.15) is 11.4 Å². The molecule has 1 aromatic heterocycles. The molecule has 0 atom stereocenters. The lowest BCUT2D eigenvalue weighted by atomic mass is 10.0. The fraction of sp³-hybridized carbons (Fsp3) is 0.130. The molecule has 0 spiro atoms. The molecule has 1 N–H and O–H groups in total. The van der Waals surface area contributed by atoms with E-state index in [4.69, 9.17) is 4.98 Å². The van der Waals surface area contributed by atoms with Crippen LogP contribution in [0.15, 0.2) is 59.8 Å². The van der Waals surface area contributed by atoms with Gasteiger partial charge in [0.05, 0.1) is 5.75 Å². The number of hydrogen-bond donors (Lipinski definition) is 1. The van der Waals surface area contributed by atoms with E-state index in [1.807, 2.05) is 44.2 Å². The highest BCUT2D eigenvalue weighted by atomic mass is 32.2. The molecular formula is C23H18N4OS. The van der Waals surface area contributed by atoms with Crippen LogP contribution in [-0.2, 0) is 4.79 Å². The van der Waals surface area contributed by atoms with E-state index in [-0.39, 0.29) is 11.7 Å². The molecule has 6 heteroatoms. The molecule has 0 fully saturated rings. The minimum absolute atomic E-state index is 0.0816. The molecule has 142 valence electrons. The second-order valence-corrected chi connectivity index (χ2v) is 8.05. The van der Waals surface area contributed by atoms with Crippen LogP contribution in [-0.4, -0.2) is 26.8 Å². The summed E-state index contributed by atoms with van der Waals surface area (Å²) in [6.07, 6.45) is 0. The molecule has 0 radical (unpaired) electrons. The van der Waals surface area contributed by atoms with E-state index in [1.165, 1.54) is 22.5 Å². The summed E-state index contributed by atoms with van der Waals surface area (Å²) >= 11 is 1.30. The molecule has 5 rings (SSSR count). The fourth-order valence-corrected chi connectivity index (χ4v) is 4.38. The van der Waals surface area contributed by atoms with Crippen LogP contribution in [0.5, 0.6) is 0 Å². The molecule has 3 aromatic carbocycles. The first-order chi connectivity index (χ1) is 14.1. The van der Waals surface area contributed by atoms with Crippen molar-refractivity contribution in [2.75, 3.05) is 11.1 Å². The van der Waals surface area contributed by atoms with E-state index < -0.39 is 0 Å². The fourth-order valence-electron chi connectivity index (χ4n) is 3.79.